The molecular formula is C50H62ClFN4O6S2Si2. The van der Waals surface area contributed by atoms with Crippen molar-refractivity contribution in [1.29, 1.82) is 0 Å². The normalized spacial score (nSPS) is 13.0. The average molecular weight is 990 g/mol. The van der Waals surface area contributed by atoms with Crippen LogP contribution in [0.2, 0.25) is 41.3 Å². The second-order valence-electron chi connectivity index (χ2n) is 19.3. The minimum atomic E-state index is -2.10. The van der Waals surface area contributed by atoms with Gasteiger partial charge in [-0.15, -0.1) is 11.3 Å². The molecule has 0 spiro atoms. The van der Waals surface area contributed by atoms with Crippen LogP contribution in [-0.4, -0.2) is 61.5 Å². The lowest BCUT2D eigenvalue weighted by molar-refractivity contribution is -0.151. The highest BCUT2D eigenvalue weighted by Crippen LogP contribution is 2.49. The van der Waals surface area contributed by atoms with Crippen molar-refractivity contribution in [3.05, 3.63) is 112 Å². The number of aromatic nitrogens is 4. The van der Waals surface area contributed by atoms with Crippen LogP contribution in [-0.2, 0) is 44.6 Å². The molecule has 10 nitrogen and oxygen atoms in total. The highest BCUT2D eigenvalue weighted by molar-refractivity contribution is 7.98. The molecule has 0 N–H and O–H groups in total. The van der Waals surface area contributed by atoms with Gasteiger partial charge in [0, 0.05) is 28.1 Å². The number of benzene rings is 3. The van der Waals surface area contributed by atoms with Crippen molar-refractivity contribution in [2.75, 3.05) is 12.9 Å². The van der Waals surface area contributed by atoms with Gasteiger partial charge in [-0.05, 0) is 120 Å². The second-order valence-corrected chi connectivity index (χ2v) is 31.1. The first-order chi connectivity index (χ1) is 31.0. The maximum atomic E-state index is 14.4. The molecule has 0 aliphatic heterocycles. The Morgan fingerprint density at radius 2 is 1.55 bits per heavy atom. The molecule has 0 aliphatic rings. The predicted octanol–water partition coefficient (Wildman–Crippen LogP) is 13.8. The molecule has 0 aliphatic carbocycles. The summed E-state index contributed by atoms with van der Waals surface area (Å²) >= 11 is 10.1. The summed E-state index contributed by atoms with van der Waals surface area (Å²) in [5.74, 6) is -0.184. The van der Waals surface area contributed by atoms with Gasteiger partial charge < -0.3 is 23.1 Å². The zero-order chi connectivity index (χ0) is 48.2. The van der Waals surface area contributed by atoms with Crippen LogP contribution in [0.1, 0.15) is 76.4 Å². The minimum absolute atomic E-state index is 0.0137. The summed E-state index contributed by atoms with van der Waals surface area (Å²) in [5, 5.41) is 1.84. The van der Waals surface area contributed by atoms with Crippen LogP contribution in [0.4, 0.5) is 4.39 Å². The first kappa shape index (κ1) is 51.2. The average Bonchev–Trinajstić information content (AvgIpc) is 3.65. The van der Waals surface area contributed by atoms with Crippen LogP contribution in [0.5, 0.6) is 11.6 Å². The van der Waals surface area contributed by atoms with Crippen LogP contribution in [0.15, 0.2) is 78.3 Å². The molecular weight excluding hydrogens is 927 g/mol. The first-order valence-electron chi connectivity index (χ1n) is 22.1. The van der Waals surface area contributed by atoms with Gasteiger partial charge in [-0.1, -0.05) is 95.2 Å². The number of thioether (sulfide) groups is 1. The monoisotopic (exact) mass is 988 g/mol. The van der Waals surface area contributed by atoms with Gasteiger partial charge in [-0.25, -0.2) is 29.1 Å². The number of esters is 1. The fraction of sp³-hybridized carbons (Fsp3) is 0.420. The van der Waals surface area contributed by atoms with E-state index in [0.29, 0.717) is 50.6 Å². The van der Waals surface area contributed by atoms with Gasteiger partial charge >= 0.3 is 5.97 Å². The predicted molar refractivity (Wildman–Crippen MR) is 271 cm³/mol. The van der Waals surface area contributed by atoms with Gasteiger partial charge in [0.2, 0.25) is 12.0 Å². The van der Waals surface area contributed by atoms with Crippen LogP contribution in [0.3, 0.4) is 0 Å². The van der Waals surface area contributed by atoms with Gasteiger partial charge in [0.25, 0.3) is 0 Å². The summed E-state index contributed by atoms with van der Waals surface area (Å²) in [6, 6.07) is 18.1. The van der Waals surface area contributed by atoms with E-state index in [1.807, 2.05) is 49.6 Å². The molecule has 0 fully saturated rings. The van der Waals surface area contributed by atoms with Gasteiger partial charge in [0.05, 0.1) is 30.9 Å². The third-order valence-electron chi connectivity index (χ3n) is 12.7. The van der Waals surface area contributed by atoms with E-state index in [2.05, 4.69) is 77.7 Å². The summed E-state index contributed by atoms with van der Waals surface area (Å²) in [4.78, 5) is 33.8. The van der Waals surface area contributed by atoms with E-state index in [0.717, 1.165) is 38.3 Å². The molecule has 1 unspecified atom stereocenters. The number of rotatable bonds is 18. The van der Waals surface area contributed by atoms with Crippen molar-refractivity contribution in [1.82, 2.24) is 19.9 Å². The van der Waals surface area contributed by atoms with E-state index in [-0.39, 0.29) is 41.4 Å². The molecule has 3 aromatic carbocycles. The smallest absolute Gasteiger partial charge is 0.347 e. The molecule has 3 heterocycles. The fourth-order valence-electron chi connectivity index (χ4n) is 6.61. The van der Waals surface area contributed by atoms with Gasteiger partial charge in [0.15, 0.2) is 21.8 Å². The fourth-order valence-corrected chi connectivity index (χ4v) is 10.3. The molecule has 6 rings (SSSR count). The zero-order valence-corrected chi connectivity index (χ0v) is 44.7. The lowest BCUT2D eigenvalue weighted by atomic mass is 9.94. The molecule has 0 amide bonds. The first-order valence-corrected chi connectivity index (χ1v) is 30.3. The van der Waals surface area contributed by atoms with E-state index in [1.54, 1.807) is 25.3 Å². The molecule has 0 bridgehead atoms. The van der Waals surface area contributed by atoms with Crippen molar-refractivity contribution in [2.24, 2.45) is 0 Å². The number of nitrogens with zero attached hydrogens (tertiary/aromatic N) is 4. The number of thiophene rings is 1. The molecule has 16 heteroatoms. The number of halogens is 2. The van der Waals surface area contributed by atoms with Crippen LogP contribution < -0.4 is 9.47 Å². The Morgan fingerprint density at radius 3 is 2.20 bits per heavy atom. The number of hydrogen-bond acceptors (Lipinski definition) is 12. The van der Waals surface area contributed by atoms with E-state index in [4.69, 9.17) is 44.6 Å². The molecule has 3 aromatic heterocycles. The SMILES string of the molecule is CCOC(=O)C(Cc1cc(CO[Si](C)(C)C(C)(C)C)ccc1OCc1ccnc(SC)n1)Oc1ncnc2sc(-c3ccc(F)cc3)c(-c3ccc(CO[Si](C)(C)C(C)(C)C)c(Cl)c3C)c12. The third-order valence-corrected chi connectivity index (χ3v) is 23.9. The highest BCUT2D eigenvalue weighted by atomic mass is 35.5. The van der Waals surface area contributed by atoms with Crippen molar-refractivity contribution in [2.45, 2.75) is 129 Å². The van der Waals surface area contributed by atoms with Crippen molar-refractivity contribution in [3.63, 3.8) is 0 Å². The molecule has 66 heavy (non-hydrogen) atoms. The number of ether oxygens (including phenoxy) is 3. The molecule has 0 radical (unpaired) electrons. The van der Waals surface area contributed by atoms with Crippen LogP contribution in [0, 0.1) is 12.7 Å². The lowest BCUT2D eigenvalue weighted by Crippen LogP contribution is -2.40. The summed E-state index contributed by atoms with van der Waals surface area (Å²) in [5.41, 5.74) is 6.38. The molecule has 6 aromatic rings. The van der Waals surface area contributed by atoms with E-state index < -0.39 is 28.7 Å². The Balaban J connectivity index is 1.45. The van der Waals surface area contributed by atoms with E-state index >= 15 is 0 Å². The van der Waals surface area contributed by atoms with Crippen LogP contribution >= 0.6 is 34.7 Å². The Labute approximate surface area is 404 Å². The van der Waals surface area contributed by atoms with Gasteiger partial charge in [-0.3, -0.25) is 0 Å². The van der Waals surface area contributed by atoms with Crippen molar-refractivity contribution < 1.29 is 32.2 Å². The summed E-state index contributed by atoms with van der Waals surface area (Å²) in [7, 11) is -4.19. The topological polar surface area (TPSA) is 115 Å². The van der Waals surface area contributed by atoms with Crippen molar-refractivity contribution >= 4 is 67.5 Å². The lowest BCUT2D eigenvalue weighted by Gasteiger charge is -2.36. The minimum Gasteiger partial charge on any atom is -0.487 e. The van der Waals surface area contributed by atoms with Gasteiger partial charge in [-0.2, -0.15) is 0 Å². The second kappa shape index (κ2) is 21.0. The molecule has 0 saturated carbocycles. The van der Waals surface area contributed by atoms with E-state index in [1.165, 1.54) is 41.6 Å². The number of fused-ring (bicyclic) bond motifs is 1. The summed E-state index contributed by atoms with van der Waals surface area (Å²) in [6.07, 6.45) is 3.97. The largest absolute Gasteiger partial charge is 0.487 e. The summed E-state index contributed by atoms with van der Waals surface area (Å²) < 4.78 is 46.5. The standard InChI is InChI=1S/C50H62ClFN4O6S2Si2/c1-14-58-47(57)40(26-35-25-32(27-60-65(10,11)49(3,4)5)15-22-39(35)59-29-37-23-24-53-48(56-37)63-9)62-45-42-41(44(64-46(42)55-30-54-45)33-16-19-36(52)20-17-33)38-21-18-34(43(51)31(38)2)28-61-66(12,13)50(6,7)8/h15-25,30,40H,14,26-29H2,1-13H3. The summed E-state index contributed by atoms with van der Waals surface area (Å²) in [6.45, 7) is 26.9. The molecule has 352 valence electrons. The van der Waals surface area contributed by atoms with Crippen LogP contribution in [0.25, 0.3) is 31.8 Å². The Kier molecular flexibility index (Phi) is 16.3. The Hall–Kier alpha value is -4.23. The Bertz CT molecular complexity index is 2670. The van der Waals surface area contributed by atoms with E-state index in [9.17, 15) is 9.18 Å². The number of carbonyl (C=O) groups excluding carboxylic acids is 1. The van der Waals surface area contributed by atoms with Gasteiger partial charge in [0.1, 0.15) is 29.3 Å². The molecule has 1 atom stereocenters. The zero-order valence-electron chi connectivity index (χ0n) is 40.4. The highest BCUT2D eigenvalue weighted by Gasteiger charge is 2.38. The molecule has 0 saturated heterocycles. The Morgan fingerprint density at radius 1 is 0.864 bits per heavy atom. The number of carbonyl (C=O) groups is 1. The van der Waals surface area contributed by atoms with Crippen molar-refractivity contribution in [3.8, 4) is 33.2 Å². The maximum Gasteiger partial charge on any atom is 0.347 e. The third kappa shape index (κ3) is 11.9. The number of hydrogen-bond donors (Lipinski definition) is 0. The quantitative estimate of drug-likeness (QED) is 0.0355. The maximum absolute atomic E-state index is 14.4.